The Morgan fingerprint density at radius 1 is 1.10 bits per heavy atom. The Bertz CT molecular complexity index is 550. The molecular weight excluding hydrogens is 309 g/mol. The van der Waals surface area contributed by atoms with Gasteiger partial charge in [0.2, 0.25) is 0 Å². The molecule has 4 nitrogen and oxygen atoms in total. The van der Waals surface area contributed by atoms with E-state index >= 15 is 0 Å². The van der Waals surface area contributed by atoms with Crippen LogP contribution in [0.15, 0.2) is 48.7 Å². The molecule has 1 amide bonds. The molecular formula is C15H19Cl2N3O. The maximum atomic E-state index is 12.0. The Balaban J connectivity index is 0.00000200. The van der Waals surface area contributed by atoms with Crippen molar-refractivity contribution in [2.45, 2.75) is 6.42 Å². The van der Waals surface area contributed by atoms with Gasteiger partial charge >= 0.3 is 0 Å². The molecule has 3 N–H and O–H groups in total. The average Bonchev–Trinajstić information content (AvgIpc) is 2.46. The lowest BCUT2D eigenvalue weighted by molar-refractivity contribution is 0.0949. The van der Waals surface area contributed by atoms with E-state index in [-0.39, 0.29) is 30.7 Å². The molecule has 2 rings (SSSR count). The van der Waals surface area contributed by atoms with Gasteiger partial charge < -0.3 is 11.1 Å². The van der Waals surface area contributed by atoms with Crippen molar-refractivity contribution < 1.29 is 4.79 Å². The second-order valence-corrected chi connectivity index (χ2v) is 4.22. The number of rotatable bonds is 5. The zero-order valence-electron chi connectivity index (χ0n) is 11.5. The van der Waals surface area contributed by atoms with E-state index in [1.807, 2.05) is 42.5 Å². The van der Waals surface area contributed by atoms with E-state index in [0.29, 0.717) is 25.2 Å². The van der Waals surface area contributed by atoms with Crippen LogP contribution >= 0.6 is 24.8 Å². The molecule has 0 saturated carbocycles. The fourth-order valence-corrected chi connectivity index (χ4v) is 1.87. The largest absolute Gasteiger partial charge is 0.349 e. The SMILES string of the molecule is Cl.Cl.NCCNC(=O)c1ncccc1Cc1ccccc1. The van der Waals surface area contributed by atoms with Gasteiger partial charge in [-0.1, -0.05) is 36.4 Å². The van der Waals surface area contributed by atoms with Crippen molar-refractivity contribution >= 4 is 30.7 Å². The summed E-state index contributed by atoms with van der Waals surface area (Å²) in [6, 6.07) is 13.8. The standard InChI is InChI=1S/C15H17N3O.2ClH/c16-8-10-18-15(19)14-13(7-4-9-17-14)11-12-5-2-1-3-6-12;;/h1-7,9H,8,10-11,16H2,(H,18,19);2*1H. The number of carbonyl (C=O) groups excluding carboxylic acids is 1. The molecule has 0 aliphatic carbocycles. The van der Waals surface area contributed by atoms with E-state index in [4.69, 9.17) is 5.73 Å². The van der Waals surface area contributed by atoms with Crippen LogP contribution in [0.5, 0.6) is 0 Å². The van der Waals surface area contributed by atoms with Gasteiger partial charge in [0, 0.05) is 19.3 Å². The molecule has 0 bridgehead atoms. The number of halogens is 2. The van der Waals surface area contributed by atoms with Gasteiger partial charge in [0.05, 0.1) is 0 Å². The number of amides is 1. The number of carbonyl (C=O) groups is 1. The van der Waals surface area contributed by atoms with Crippen molar-refractivity contribution in [1.82, 2.24) is 10.3 Å². The summed E-state index contributed by atoms with van der Waals surface area (Å²) < 4.78 is 0. The normalized spacial score (nSPS) is 9.19. The van der Waals surface area contributed by atoms with Crippen LogP contribution in [0, 0.1) is 0 Å². The number of pyridine rings is 1. The number of aromatic nitrogens is 1. The Kier molecular flexibility index (Phi) is 9.37. The lowest BCUT2D eigenvalue weighted by atomic mass is 10.0. The van der Waals surface area contributed by atoms with Gasteiger partial charge in [-0.3, -0.25) is 9.78 Å². The van der Waals surface area contributed by atoms with Crippen molar-refractivity contribution in [3.8, 4) is 0 Å². The van der Waals surface area contributed by atoms with Gasteiger partial charge in [-0.2, -0.15) is 0 Å². The van der Waals surface area contributed by atoms with Crippen LogP contribution in [0.3, 0.4) is 0 Å². The predicted octanol–water partition coefficient (Wildman–Crippen LogP) is 2.20. The summed E-state index contributed by atoms with van der Waals surface area (Å²) in [5.41, 5.74) is 7.93. The third-order valence-electron chi connectivity index (χ3n) is 2.77. The average molecular weight is 328 g/mol. The quantitative estimate of drug-likeness (QED) is 0.884. The third-order valence-corrected chi connectivity index (χ3v) is 2.77. The highest BCUT2D eigenvalue weighted by Crippen LogP contribution is 2.12. The zero-order valence-corrected chi connectivity index (χ0v) is 13.1. The second kappa shape index (κ2) is 10.2. The fraction of sp³-hybridized carbons (Fsp3) is 0.200. The monoisotopic (exact) mass is 327 g/mol. The second-order valence-electron chi connectivity index (χ2n) is 4.22. The van der Waals surface area contributed by atoms with Crippen LogP contribution in [0.1, 0.15) is 21.6 Å². The van der Waals surface area contributed by atoms with Crippen molar-refractivity contribution in [3.05, 3.63) is 65.5 Å². The van der Waals surface area contributed by atoms with Crippen molar-refractivity contribution in [3.63, 3.8) is 0 Å². The van der Waals surface area contributed by atoms with E-state index in [1.54, 1.807) is 6.20 Å². The highest BCUT2D eigenvalue weighted by Gasteiger charge is 2.12. The molecule has 1 aromatic heterocycles. The summed E-state index contributed by atoms with van der Waals surface area (Å²) in [5.74, 6) is -0.169. The molecule has 0 saturated heterocycles. The molecule has 1 aromatic carbocycles. The number of nitrogens with one attached hydrogen (secondary N) is 1. The van der Waals surface area contributed by atoms with Crippen LogP contribution in [0.4, 0.5) is 0 Å². The molecule has 0 spiro atoms. The fourth-order valence-electron chi connectivity index (χ4n) is 1.87. The minimum absolute atomic E-state index is 0. The van der Waals surface area contributed by atoms with Crippen molar-refractivity contribution in [1.29, 1.82) is 0 Å². The first-order chi connectivity index (χ1) is 9.31. The molecule has 0 fully saturated rings. The summed E-state index contributed by atoms with van der Waals surface area (Å²) in [5, 5.41) is 2.75. The van der Waals surface area contributed by atoms with Crippen LogP contribution in [0.2, 0.25) is 0 Å². The number of nitrogens with two attached hydrogens (primary N) is 1. The summed E-state index contributed by atoms with van der Waals surface area (Å²) in [4.78, 5) is 16.2. The molecule has 0 aliphatic rings. The third kappa shape index (κ3) is 5.71. The Labute approximate surface area is 137 Å². The van der Waals surface area contributed by atoms with Gasteiger partial charge in [0.15, 0.2) is 0 Å². The van der Waals surface area contributed by atoms with E-state index in [0.717, 1.165) is 11.1 Å². The molecule has 2 aromatic rings. The van der Waals surface area contributed by atoms with Gasteiger partial charge in [-0.15, -0.1) is 24.8 Å². The number of benzene rings is 1. The lowest BCUT2D eigenvalue weighted by Gasteiger charge is -2.08. The highest BCUT2D eigenvalue weighted by molar-refractivity contribution is 5.93. The Morgan fingerprint density at radius 3 is 2.48 bits per heavy atom. The first-order valence-corrected chi connectivity index (χ1v) is 6.27. The summed E-state index contributed by atoms with van der Waals surface area (Å²) in [6.07, 6.45) is 2.33. The molecule has 0 aliphatic heterocycles. The smallest absolute Gasteiger partial charge is 0.270 e. The minimum atomic E-state index is -0.169. The zero-order chi connectivity index (χ0) is 13.5. The summed E-state index contributed by atoms with van der Waals surface area (Å²) in [6.45, 7) is 0.882. The van der Waals surface area contributed by atoms with Gasteiger partial charge in [-0.25, -0.2) is 0 Å². The summed E-state index contributed by atoms with van der Waals surface area (Å²) in [7, 11) is 0. The minimum Gasteiger partial charge on any atom is -0.349 e. The van der Waals surface area contributed by atoms with Crippen LogP contribution < -0.4 is 11.1 Å². The molecule has 1 heterocycles. The first kappa shape index (κ1) is 19.4. The van der Waals surface area contributed by atoms with Crippen LogP contribution in [-0.4, -0.2) is 24.0 Å². The van der Waals surface area contributed by atoms with E-state index in [1.165, 1.54) is 0 Å². The Hall–Kier alpha value is -1.62. The van der Waals surface area contributed by atoms with E-state index in [2.05, 4.69) is 10.3 Å². The Morgan fingerprint density at radius 2 is 1.81 bits per heavy atom. The van der Waals surface area contributed by atoms with E-state index < -0.39 is 0 Å². The number of hydrogen-bond donors (Lipinski definition) is 2. The van der Waals surface area contributed by atoms with Gasteiger partial charge in [0.25, 0.3) is 5.91 Å². The summed E-state index contributed by atoms with van der Waals surface area (Å²) >= 11 is 0. The molecule has 6 heteroatoms. The molecule has 0 radical (unpaired) electrons. The highest BCUT2D eigenvalue weighted by atomic mass is 35.5. The molecule has 0 unspecified atom stereocenters. The lowest BCUT2D eigenvalue weighted by Crippen LogP contribution is -2.30. The molecule has 0 atom stereocenters. The van der Waals surface area contributed by atoms with Crippen LogP contribution in [0.25, 0.3) is 0 Å². The van der Waals surface area contributed by atoms with Crippen molar-refractivity contribution in [2.75, 3.05) is 13.1 Å². The molecule has 114 valence electrons. The van der Waals surface area contributed by atoms with Gasteiger partial charge in [-0.05, 0) is 23.6 Å². The topological polar surface area (TPSA) is 68.0 Å². The number of nitrogens with zero attached hydrogens (tertiary/aromatic N) is 1. The van der Waals surface area contributed by atoms with E-state index in [9.17, 15) is 4.79 Å². The molecule has 21 heavy (non-hydrogen) atoms. The van der Waals surface area contributed by atoms with Crippen molar-refractivity contribution in [2.24, 2.45) is 5.73 Å². The maximum Gasteiger partial charge on any atom is 0.270 e. The van der Waals surface area contributed by atoms with Gasteiger partial charge in [0.1, 0.15) is 5.69 Å². The maximum absolute atomic E-state index is 12.0. The number of hydrogen-bond acceptors (Lipinski definition) is 3. The predicted molar refractivity (Wildman–Crippen MR) is 89.4 cm³/mol. The first-order valence-electron chi connectivity index (χ1n) is 6.27. The van der Waals surface area contributed by atoms with Crippen LogP contribution in [-0.2, 0) is 6.42 Å².